The highest BCUT2D eigenvalue weighted by atomic mass is 79.9. The van der Waals surface area contributed by atoms with E-state index >= 15 is 0 Å². The van der Waals surface area contributed by atoms with Crippen LogP contribution >= 0.6 is 15.9 Å². The molecule has 0 atom stereocenters. The first-order valence-electron chi connectivity index (χ1n) is 9.30. The zero-order valence-corrected chi connectivity index (χ0v) is 18.3. The molecule has 0 heterocycles. The van der Waals surface area contributed by atoms with Gasteiger partial charge in [0, 0.05) is 15.7 Å². The summed E-state index contributed by atoms with van der Waals surface area (Å²) in [5.74, 6) is -0.495. The molecule has 0 fully saturated rings. The fourth-order valence-corrected chi connectivity index (χ4v) is 2.94. The number of carbonyl (C=O) groups excluding carboxylic acids is 2. The molecule has 0 aliphatic heterocycles. The van der Waals surface area contributed by atoms with Gasteiger partial charge in [0.25, 0.3) is 0 Å². The molecule has 7 nitrogen and oxygen atoms in total. The van der Waals surface area contributed by atoms with Gasteiger partial charge in [0.05, 0.1) is 13.3 Å². The lowest BCUT2D eigenvalue weighted by molar-refractivity contribution is -0.136. The normalized spacial score (nSPS) is 10.5. The predicted molar refractivity (Wildman–Crippen MR) is 122 cm³/mol. The molecule has 0 spiro atoms. The first-order chi connectivity index (χ1) is 15.0. The van der Waals surface area contributed by atoms with Crippen molar-refractivity contribution in [3.8, 4) is 11.5 Å². The summed E-state index contributed by atoms with van der Waals surface area (Å²) in [4.78, 5) is 24.1. The van der Waals surface area contributed by atoms with Crippen molar-refractivity contribution in [1.29, 1.82) is 0 Å². The maximum absolute atomic E-state index is 12.0. The molecule has 0 radical (unpaired) electrons. The standard InChI is InChI=1S/C23H20BrN3O4/c1-30-20-10-8-19(9-11-20)26-22(28)23(29)27-25-14-17-13-18(24)7-12-21(17)31-15-16-5-3-2-4-6-16/h2-14H,15H2,1H3,(H,26,28)(H,27,29)/b25-14-. The zero-order valence-electron chi connectivity index (χ0n) is 16.7. The number of carbonyl (C=O) groups is 2. The molecule has 8 heteroatoms. The van der Waals surface area contributed by atoms with E-state index in [2.05, 4.69) is 31.8 Å². The molecular formula is C23H20BrN3O4. The lowest BCUT2D eigenvalue weighted by atomic mass is 10.2. The Morgan fingerprint density at radius 1 is 1.00 bits per heavy atom. The van der Waals surface area contributed by atoms with Crippen molar-refractivity contribution in [3.05, 3.63) is 88.4 Å². The van der Waals surface area contributed by atoms with Crippen molar-refractivity contribution in [2.24, 2.45) is 5.10 Å². The third-order valence-corrected chi connectivity index (χ3v) is 4.63. The highest BCUT2D eigenvalue weighted by Gasteiger charge is 2.13. The van der Waals surface area contributed by atoms with Crippen molar-refractivity contribution in [3.63, 3.8) is 0 Å². The van der Waals surface area contributed by atoms with Gasteiger partial charge in [-0.1, -0.05) is 46.3 Å². The second kappa shape index (κ2) is 10.9. The summed E-state index contributed by atoms with van der Waals surface area (Å²) in [5, 5.41) is 6.37. The Morgan fingerprint density at radius 2 is 1.74 bits per heavy atom. The van der Waals surface area contributed by atoms with Crippen molar-refractivity contribution >= 4 is 39.6 Å². The van der Waals surface area contributed by atoms with Gasteiger partial charge in [-0.2, -0.15) is 5.10 Å². The molecule has 31 heavy (non-hydrogen) atoms. The van der Waals surface area contributed by atoms with E-state index < -0.39 is 11.8 Å². The quantitative estimate of drug-likeness (QED) is 0.301. The Balaban J connectivity index is 1.59. The molecule has 0 bridgehead atoms. The fourth-order valence-electron chi connectivity index (χ4n) is 2.56. The number of methoxy groups -OCH3 is 1. The van der Waals surface area contributed by atoms with Gasteiger partial charge in [-0.15, -0.1) is 0 Å². The number of ether oxygens (including phenoxy) is 2. The molecule has 0 aliphatic carbocycles. The van der Waals surface area contributed by atoms with E-state index in [4.69, 9.17) is 9.47 Å². The number of amides is 2. The lowest BCUT2D eigenvalue weighted by Gasteiger charge is -2.09. The van der Waals surface area contributed by atoms with E-state index in [1.165, 1.54) is 6.21 Å². The topological polar surface area (TPSA) is 89.0 Å². The Morgan fingerprint density at radius 3 is 2.45 bits per heavy atom. The number of hydrogen-bond acceptors (Lipinski definition) is 5. The van der Waals surface area contributed by atoms with E-state index in [0.717, 1.165) is 10.0 Å². The lowest BCUT2D eigenvalue weighted by Crippen LogP contribution is -2.32. The third kappa shape index (κ3) is 6.68. The van der Waals surface area contributed by atoms with E-state index in [1.807, 2.05) is 36.4 Å². The highest BCUT2D eigenvalue weighted by Crippen LogP contribution is 2.23. The molecule has 0 unspecified atom stereocenters. The smallest absolute Gasteiger partial charge is 0.329 e. The van der Waals surface area contributed by atoms with Crippen LogP contribution in [0.4, 0.5) is 5.69 Å². The largest absolute Gasteiger partial charge is 0.497 e. The van der Waals surface area contributed by atoms with Crippen molar-refractivity contribution < 1.29 is 19.1 Å². The summed E-state index contributed by atoms with van der Waals surface area (Å²) >= 11 is 3.41. The van der Waals surface area contributed by atoms with Gasteiger partial charge in [-0.05, 0) is 48.0 Å². The van der Waals surface area contributed by atoms with Crippen LogP contribution in [0.2, 0.25) is 0 Å². The number of anilines is 1. The van der Waals surface area contributed by atoms with Crippen LogP contribution in [0.5, 0.6) is 11.5 Å². The first kappa shape index (κ1) is 22.0. The van der Waals surface area contributed by atoms with Crippen molar-refractivity contribution in [2.45, 2.75) is 6.61 Å². The van der Waals surface area contributed by atoms with E-state index in [9.17, 15) is 9.59 Å². The predicted octanol–water partition coefficient (Wildman–Crippen LogP) is 4.13. The van der Waals surface area contributed by atoms with Gasteiger partial charge in [-0.3, -0.25) is 9.59 Å². The van der Waals surface area contributed by atoms with Crippen LogP contribution in [0.25, 0.3) is 0 Å². The monoisotopic (exact) mass is 481 g/mol. The zero-order chi connectivity index (χ0) is 22.1. The summed E-state index contributed by atoms with van der Waals surface area (Å²) in [6.45, 7) is 0.389. The molecule has 0 aromatic heterocycles. The SMILES string of the molecule is COc1ccc(NC(=O)C(=O)N/N=C\c2cc(Br)ccc2OCc2ccccc2)cc1. The number of hydrogen-bond donors (Lipinski definition) is 2. The van der Waals surface area contributed by atoms with Gasteiger partial charge in [0.15, 0.2) is 0 Å². The van der Waals surface area contributed by atoms with Crippen LogP contribution in [0.1, 0.15) is 11.1 Å². The maximum atomic E-state index is 12.0. The van der Waals surface area contributed by atoms with Crippen molar-refractivity contribution in [2.75, 3.05) is 12.4 Å². The van der Waals surface area contributed by atoms with E-state index in [-0.39, 0.29) is 0 Å². The number of benzene rings is 3. The number of halogens is 1. The molecule has 2 N–H and O–H groups in total. The van der Waals surface area contributed by atoms with E-state index in [0.29, 0.717) is 29.4 Å². The molecule has 0 aliphatic rings. The molecule has 0 saturated heterocycles. The molecule has 3 aromatic rings. The molecule has 3 aromatic carbocycles. The molecule has 158 valence electrons. The Kier molecular flexibility index (Phi) is 7.78. The minimum atomic E-state index is -0.895. The second-order valence-corrected chi connectivity index (χ2v) is 7.25. The fraction of sp³-hybridized carbons (Fsp3) is 0.0870. The number of nitrogens with one attached hydrogen (secondary N) is 2. The number of hydrazone groups is 1. The number of rotatable bonds is 7. The minimum absolute atomic E-state index is 0.389. The summed E-state index contributed by atoms with van der Waals surface area (Å²) in [6.07, 6.45) is 1.42. The summed E-state index contributed by atoms with van der Waals surface area (Å²) < 4.78 is 11.7. The van der Waals surface area contributed by atoms with Crippen LogP contribution in [-0.4, -0.2) is 25.1 Å². The van der Waals surface area contributed by atoms with Gasteiger partial charge in [0.1, 0.15) is 18.1 Å². The first-order valence-corrected chi connectivity index (χ1v) is 10.1. The summed E-state index contributed by atoms with van der Waals surface area (Å²) in [6, 6.07) is 21.8. The van der Waals surface area contributed by atoms with Gasteiger partial charge in [0.2, 0.25) is 0 Å². The van der Waals surface area contributed by atoms with Crippen molar-refractivity contribution in [1.82, 2.24) is 5.43 Å². The second-order valence-electron chi connectivity index (χ2n) is 6.34. The molecule has 2 amide bonds. The maximum Gasteiger partial charge on any atom is 0.329 e. The average Bonchev–Trinajstić information content (AvgIpc) is 2.79. The Hall–Kier alpha value is -3.65. The summed E-state index contributed by atoms with van der Waals surface area (Å²) in [7, 11) is 1.54. The van der Waals surface area contributed by atoms with Gasteiger partial charge in [-0.25, -0.2) is 5.43 Å². The molecule has 3 rings (SSSR count). The van der Waals surface area contributed by atoms with E-state index in [1.54, 1.807) is 43.5 Å². The summed E-state index contributed by atoms with van der Waals surface area (Å²) in [5.41, 5.74) is 4.35. The molecule has 0 saturated carbocycles. The molecular weight excluding hydrogens is 462 g/mol. The van der Waals surface area contributed by atoms with Crippen LogP contribution in [-0.2, 0) is 16.2 Å². The van der Waals surface area contributed by atoms with Crippen LogP contribution < -0.4 is 20.2 Å². The third-order valence-electron chi connectivity index (χ3n) is 4.13. The van der Waals surface area contributed by atoms with Gasteiger partial charge < -0.3 is 14.8 Å². The van der Waals surface area contributed by atoms with Crippen LogP contribution in [0.3, 0.4) is 0 Å². The Labute approximate surface area is 188 Å². The highest BCUT2D eigenvalue weighted by molar-refractivity contribution is 9.10. The average molecular weight is 482 g/mol. The number of nitrogens with zero attached hydrogens (tertiary/aromatic N) is 1. The van der Waals surface area contributed by atoms with Crippen LogP contribution in [0, 0.1) is 0 Å². The van der Waals surface area contributed by atoms with Crippen LogP contribution in [0.15, 0.2) is 82.4 Å². The Bertz CT molecular complexity index is 1070. The van der Waals surface area contributed by atoms with Gasteiger partial charge >= 0.3 is 11.8 Å². The minimum Gasteiger partial charge on any atom is -0.497 e.